The molecule has 20 heavy (non-hydrogen) atoms. The predicted molar refractivity (Wildman–Crippen MR) is 91.1 cm³/mol. The second-order valence-electron chi connectivity index (χ2n) is 6.90. The smallest absolute Gasteiger partial charge is 0.00161 e. The Morgan fingerprint density at radius 1 is 1.15 bits per heavy atom. The van der Waals surface area contributed by atoms with E-state index in [1.54, 1.807) is 5.57 Å². The molecule has 0 heterocycles. The molecule has 0 fully saturated rings. The SMILES string of the molecule is CCCCN(CCCC)CCC(C)[C@H]1CC=C(C)CC1. The topological polar surface area (TPSA) is 3.24 Å². The highest BCUT2D eigenvalue weighted by atomic mass is 15.1. The molecule has 0 aromatic carbocycles. The summed E-state index contributed by atoms with van der Waals surface area (Å²) in [7, 11) is 0. The fourth-order valence-electron chi connectivity index (χ4n) is 3.22. The fraction of sp³-hybridized carbons (Fsp3) is 0.895. The minimum Gasteiger partial charge on any atom is -0.303 e. The van der Waals surface area contributed by atoms with Gasteiger partial charge in [-0.25, -0.2) is 0 Å². The minimum absolute atomic E-state index is 0.894. The van der Waals surface area contributed by atoms with Gasteiger partial charge in [0, 0.05) is 0 Å². The maximum Gasteiger partial charge on any atom is -0.00161 e. The standard InChI is InChI=1S/C19H37N/c1-5-7-14-20(15-8-6-2)16-13-18(4)19-11-9-17(3)10-12-19/h9,18-19H,5-8,10-16H2,1-4H3/t18?,19-/m0/s1. The van der Waals surface area contributed by atoms with Crippen LogP contribution in [0, 0.1) is 11.8 Å². The molecule has 0 N–H and O–H groups in total. The molecule has 0 radical (unpaired) electrons. The summed E-state index contributed by atoms with van der Waals surface area (Å²) in [6, 6.07) is 0. The molecule has 0 aromatic heterocycles. The highest BCUT2D eigenvalue weighted by Crippen LogP contribution is 2.30. The third kappa shape index (κ3) is 6.92. The van der Waals surface area contributed by atoms with Crippen LogP contribution in [0.5, 0.6) is 0 Å². The molecule has 0 spiro atoms. The molecule has 0 saturated heterocycles. The molecule has 118 valence electrons. The van der Waals surface area contributed by atoms with E-state index in [4.69, 9.17) is 0 Å². The van der Waals surface area contributed by atoms with Crippen LogP contribution in [0.25, 0.3) is 0 Å². The van der Waals surface area contributed by atoms with E-state index in [1.807, 2.05) is 0 Å². The van der Waals surface area contributed by atoms with Crippen molar-refractivity contribution in [2.24, 2.45) is 11.8 Å². The number of nitrogens with zero attached hydrogens (tertiary/aromatic N) is 1. The van der Waals surface area contributed by atoms with Crippen LogP contribution >= 0.6 is 0 Å². The van der Waals surface area contributed by atoms with Crippen molar-refractivity contribution in [2.45, 2.75) is 79.1 Å². The quantitative estimate of drug-likeness (QED) is 0.466. The van der Waals surface area contributed by atoms with Gasteiger partial charge in [0.25, 0.3) is 0 Å². The zero-order valence-corrected chi connectivity index (χ0v) is 14.5. The normalized spacial score (nSPS) is 21.1. The Morgan fingerprint density at radius 2 is 1.80 bits per heavy atom. The second kappa shape index (κ2) is 10.4. The Kier molecular flexibility index (Phi) is 9.26. The average molecular weight is 280 g/mol. The van der Waals surface area contributed by atoms with E-state index in [0.29, 0.717) is 0 Å². The molecule has 1 aliphatic carbocycles. The van der Waals surface area contributed by atoms with Crippen LogP contribution in [-0.2, 0) is 0 Å². The molecule has 1 heteroatoms. The summed E-state index contributed by atoms with van der Waals surface area (Å²) in [6.45, 7) is 13.3. The summed E-state index contributed by atoms with van der Waals surface area (Å²) in [6.07, 6.45) is 13.3. The fourth-order valence-corrected chi connectivity index (χ4v) is 3.22. The lowest BCUT2D eigenvalue weighted by Crippen LogP contribution is -2.29. The van der Waals surface area contributed by atoms with Crippen LogP contribution in [0.3, 0.4) is 0 Å². The molecular formula is C19H37N. The van der Waals surface area contributed by atoms with Crippen LogP contribution in [0.1, 0.15) is 79.1 Å². The largest absolute Gasteiger partial charge is 0.303 e. The predicted octanol–water partition coefficient (Wildman–Crippen LogP) is 5.66. The molecule has 1 nitrogen and oxygen atoms in total. The summed E-state index contributed by atoms with van der Waals surface area (Å²) in [5.41, 5.74) is 1.61. The van der Waals surface area contributed by atoms with Crippen molar-refractivity contribution in [1.82, 2.24) is 4.90 Å². The third-order valence-electron chi connectivity index (χ3n) is 5.04. The van der Waals surface area contributed by atoms with E-state index in [2.05, 4.69) is 38.7 Å². The minimum atomic E-state index is 0.894. The molecule has 0 aliphatic heterocycles. The van der Waals surface area contributed by atoms with Gasteiger partial charge in [-0.15, -0.1) is 0 Å². The number of allylic oxidation sites excluding steroid dienone is 2. The summed E-state index contributed by atoms with van der Waals surface area (Å²) in [5.74, 6) is 1.84. The zero-order valence-electron chi connectivity index (χ0n) is 14.5. The van der Waals surface area contributed by atoms with Crippen molar-refractivity contribution in [3.05, 3.63) is 11.6 Å². The molecular weight excluding hydrogens is 242 g/mol. The lowest BCUT2D eigenvalue weighted by atomic mass is 9.80. The number of hydrogen-bond acceptors (Lipinski definition) is 1. The van der Waals surface area contributed by atoms with Crippen molar-refractivity contribution in [1.29, 1.82) is 0 Å². The van der Waals surface area contributed by atoms with E-state index in [0.717, 1.165) is 11.8 Å². The summed E-state index contributed by atoms with van der Waals surface area (Å²) in [4.78, 5) is 2.72. The van der Waals surface area contributed by atoms with Gasteiger partial charge in [-0.2, -0.15) is 0 Å². The van der Waals surface area contributed by atoms with Gasteiger partial charge in [0.1, 0.15) is 0 Å². The maximum atomic E-state index is 2.72. The highest BCUT2D eigenvalue weighted by molar-refractivity contribution is 5.03. The maximum absolute atomic E-state index is 2.72. The van der Waals surface area contributed by atoms with E-state index >= 15 is 0 Å². The number of unbranched alkanes of at least 4 members (excludes halogenated alkanes) is 2. The van der Waals surface area contributed by atoms with Gasteiger partial charge in [0.05, 0.1) is 0 Å². The van der Waals surface area contributed by atoms with E-state index < -0.39 is 0 Å². The monoisotopic (exact) mass is 279 g/mol. The Bertz CT molecular complexity index is 261. The van der Waals surface area contributed by atoms with Crippen LogP contribution in [-0.4, -0.2) is 24.5 Å². The molecule has 2 atom stereocenters. The summed E-state index contributed by atoms with van der Waals surface area (Å²) < 4.78 is 0. The van der Waals surface area contributed by atoms with Gasteiger partial charge in [-0.3, -0.25) is 0 Å². The number of hydrogen-bond donors (Lipinski definition) is 0. The first kappa shape index (κ1) is 17.8. The Hall–Kier alpha value is -0.300. The molecule has 0 aromatic rings. The summed E-state index contributed by atoms with van der Waals surface area (Å²) in [5, 5.41) is 0. The van der Waals surface area contributed by atoms with Gasteiger partial charge in [0.15, 0.2) is 0 Å². The van der Waals surface area contributed by atoms with Crippen LogP contribution in [0.15, 0.2) is 11.6 Å². The van der Waals surface area contributed by atoms with Gasteiger partial charge in [0.2, 0.25) is 0 Å². The van der Waals surface area contributed by atoms with Crippen molar-refractivity contribution in [3.8, 4) is 0 Å². The Morgan fingerprint density at radius 3 is 2.30 bits per heavy atom. The van der Waals surface area contributed by atoms with Gasteiger partial charge in [-0.05, 0) is 76.9 Å². The van der Waals surface area contributed by atoms with Gasteiger partial charge < -0.3 is 4.90 Å². The lowest BCUT2D eigenvalue weighted by Gasteiger charge is -2.29. The molecule has 1 unspecified atom stereocenters. The van der Waals surface area contributed by atoms with Gasteiger partial charge in [-0.1, -0.05) is 45.3 Å². The molecule has 0 saturated carbocycles. The average Bonchev–Trinajstić information content (AvgIpc) is 2.47. The first-order chi connectivity index (χ1) is 9.67. The molecule has 1 aliphatic rings. The van der Waals surface area contributed by atoms with E-state index in [9.17, 15) is 0 Å². The van der Waals surface area contributed by atoms with Crippen molar-refractivity contribution >= 4 is 0 Å². The lowest BCUT2D eigenvalue weighted by molar-refractivity contribution is 0.219. The molecule has 1 rings (SSSR count). The van der Waals surface area contributed by atoms with Crippen molar-refractivity contribution in [2.75, 3.05) is 19.6 Å². The van der Waals surface area contributed by atoms with E-state index in [1.165, 1.54) is 71.0 Å². The number of rotatable bonds is 10. The second-order valence-corrected chi connectivity index (χ2v) is 6.90. The Labute approximate surface area is 127 Å². The Balaban J connectivity index is 2.29. The zero-order chi connectivity index (χ0) is 14.8. The first-order valence-electron chi connectivity index (χ1n) is 9.05. The van der Waals surface area contributed by atoms with Crippen molar-refractivity contribution in [3.63, 3.8) is 0 Å². The van der Waals surface area contributed by atoms with Crippen LogP contribution in [0.4, 0.5) is 0 Å². The third-order valence-corrected chi connectivity index (χ3v) is 5.04. The molecule has 0 bridgehead atoms. The first-order valence-corrected chi connectivity index (χ1v) is 9.05. The highest BCUT2D eigenvalue weighted by Gasteiger charge is 2.19. The van der Waals surface area contributed by atoms with Crippen molar-refractivity contribution < 1.29 is 0 Å². The van der Waals surface area contributed by atoms with Crippen LogP contribution < -0.4 is 0 Å². The van der Waals surface area contributed by atoms with Crippen LogP contribution in [0.2, 0.25) is 0 Å². The van der Waals surface area contributed by atoms with Gasteiger partial charge >= 0.3 is 0 Å². The summed E-state index contributed by atoms with van der Waals surface area (Å²) >= 11 is 0. The molecule has 0 amide bonds. The van der Waals surface area contributed by atoms with E-state index in [-0.39, 0.29) is 0 Å².